The van der Waals surface area contributed by atoms with E-state index in [1.165, 1.54) is 5.56 Å². The van der Waals surface area contributed by atoms with E-state index in [4.69, 9.17) is 4.98 Å². The van der Waals surface area contributed by atoms with Gasteiger partial charge < -0.3 is 10.6 Å². The third kappa shape index (κ3) is 3.03. The number of nitrogens with zero attached hydrogens (tertiary/aromatic N) is 4. The quantitative estimate of drug-likeness (QED) is 0.772. The predicted octanol–water partition coefficient (Wildman–Crippen LogP) is 2.04. The molecule has 2 aromatic heterocycles. The van der Waals surface area contributed by atoms with E-state index in [1.807, 2.05) is 6.07 Å². The molecule has 1 fully saturated rings. The second-order valence-corrected chi connectivity index (χ2v) is 5.91. The van der Waals surface area contributed by atoms with Gasteiger partial charge in [0.05, 0.1) is 12.7 Å². The maximum absolute atomic E-state index is 4.71. The first-order chi connectivity index (χ1) is 11.4. The van der Waals surface area contributed by atoms with Crippen molar-refractivity contribution >= 4 is 17.1 Å². The van der Waals surface area contributed by atoms with Crippen LogP contribution in [0.5, 0.6) is 0 Å². The average Bonchev–Trinajstić information content (AvgIpc) is 2.94. The number of benzene rings is 1. The lowest BCUT2D eigenvalue weighted by atomic mass is 10.1. The molecule has 1 saturated heterocycles. The number of imidazole rings is 1. The highest BCUT2D eigenvalue weighted by Gasteiger charge is 2.18. The number of rotatable bonds is 4. The number of piperidine rings is 1. The van der Waals surface area contributed by atoms with Crippen LogP contribution in [0.25, 0.3) is 11.2 Å². The van der Waals surface area contributed by atoms with E-state index in [-0.39, 0.29) is 0 Å². The first-order valence-corrected chi connectivity index (χ1v) is 8.07. The monoisotopic (exact) mass is 308 g/mol. The van der Waals surface area contributed by atoms with Crippen molar-refractivity contribution in [2.24, 2.45) is 0 Å². The minimum atomic E-state index is 0.454. The van der Waals surface area contributed by atoms with Crippen LogP contribution in [0, 0.1) is 0 Å². The number of fused-ring (bicyclic) bond motifs is 1. The number of hydrogen-bond donors (Lipinski definition) is 2. The molecular weight excluding hydrogens is 288 g/mol. The molecule has 0 aliphatic carbocycles. The van der Waals surface area contributed by atoms with Crippen molar-refractivity contribution < 1.29 is 0 Å². The highest BCUT2D eigenvalue weighted by atomic mass is 15.2. The summed E-state index contributed by atoms with van der Waals surface area (Å²) in [4.78, 5) is 13.2. The summed E-state index contributed by atoms with van der Waals surface area (Å²) in [5, 5.41) is 7.00. The highest BCUT2D eigenvalue weighted by Crippen LogP contribution is 2.21. The Morgan fingerprint density at radius 1 is 1.17 bits per heavy atom. The summed E-state index contributed by atoms with van der Waals surface area (Å²) >= 11 is 0. The number of nitrogens with one attached hydrogen (secondary N) is 2. The van der Waals surface area contributed by atoms with Gasteiger partial charge in [0.25, 0.3) is 0 Å². The molecule has 0 radical (unpaired) electrons. The molecule has 0 amide bonds. The van der Waals surface area contributed by atoms with Gasteiger partial charge in [-0.05, 0) is 31.5 Å². The van der Waals surface area contributed by atoms with Crippen molar-refractivity contribution in [3.63, 3.8) is 0 Å². The summed E-state index contributed by atoms with van der Waals surface area (Å²) in [6.45, 7) is 2.86. The van der Waals surface area contributed by atoms with Gasteiger partial charge in [-0.1, -0.05) is 30.3 Å². The maximum atomic E-state index is 4.71. The van der Waals surface area contributed by atoms with Crippen molar-refractivity contribution in [3.8, 4) is 0 Å². The second kappa shape index (κ2) is 6.34. The first-order valence-electron chi connectivity index (χ1n) is 8.07. The second-order valence-electron chi connectivity index (χ2n) is 5.91. The molecule has 0 bridgehead atoms. The van der Waals surface area contributed by atoms with Crippen molar-refractivity contribution in [3.05, 3.63) is 48.4 Å². The molecule has 6 nitrogen and oxygen atoms in total. The lowest BCUT2D eigenvalue weighted by molar-refractivity contribution is 0.476. The summed E-state index contributed by atoms with van der Waals surface area (Å²) in [5.41, 5.74) is 2.94. The third-order valence-electron chi connectivity index (χ3n) is 4.27. The van der Waals surface area contributed by atoms with Crippen LogP contribution in [0.2, 0.25) is 0 Å². The molecule has 1 aromatic carbocycles. The third-order valence-corrected chi connectivity index (χ3v) is 4.27. The minimum Gasteiger partial charge on any atom is -0.353 e. The van der Waals surface area contributed by atoms with Crippen LogP contribution in [0.15, 0.2) is 42.9 Å². The van der Waals surface area contributed by atoms with Gasteiger partial charge in [0.1, 0.15) is 11.8 Å². The van der Waals surface area contributed by atoms with Gasteiger partial charge in [0.15, 0.2) is 5.65 Å². The molecular formula is C17H20N6. The molecule has 3 aromatic rings. The minimum absolute atomic E-state index is 0.454. The number of aromatic nitrogens is 4. The molecule has 23 heavy (non-hydrogen) atoms. The maximum Gasteiger partial charge on any atom is 0.205 e. The summed E-state index contributed by atoms with van der Waals surface area (Å²) in [6, 6.07) is 10.9. The Hall–Kier alpha value is -2.47. The largest absolute Gasteiger partial charge is 0.353 e. The molecule has 4 rings (SSSR count). The molecule has 3 heterocycles. The van der Waals surface area contributed by atoms with E-state index in [1.54, 1.807) is 12.5 Å². The zero-order valence-corrected chi connectivity index (χ0v) is 12.9. The van der Waals surface area contributed by atoms with Gasteiger partial charge in [-0.2, -0.15) is 0 Å². The smallest absolute Gasteiger partial charge is 0.205 e. The number of hydrogen-bond acceptors (Lipinski definition) is 5. The van der Waals surface area contributed by atoms with Gasteiger partial charge in [0, 0.05) is 6.04 Å². The summed E-state index contributed by atoms with van der Waals surface area (Å²) in [5.74, 6) is 0.885. The topological polar surface area (TPSA) is 67.7 Å². The zero-order chi connectivity index (χ0) is 15.5. The van der Waals surface area contributed by atoms with Crippen LogP contribution in [0.1, 0.15) is 18.4 Å². The van der Waals surface area contributed by atoms with Crippen molar-refractivity contribution in [2.75, 3.05) is 18.4 Å². The SMILES string of the molecule is c1ccc(Cn2c(NC3CCNCC3)nc3cncnc32)cc1. The van der Waals surface area contributed by atoms with Gasteiger partial charge in [-0.15, -0.1) is 0 Å². The Morgan fingerprint density at radius 2 is 2.00 bits per heavy atom. The Bertz CT molecular complexity index is 776. The number of anilines is 1. The average molecular weight is 308 g/mol. The van der Waals surface area contributed by atoms with Gasteiger partial charge >= 0.3 is 0 Å². The highest BCUT2D eigenvalue weighted by molar-refractivity contribution is 5.73. The molecule has 0 atom stereocenters. The molecule has 0 saturated carbocycles. The fourth-order valence-corrected chi connectivity index (χ4v) is 3.05. The van der Waals surface area contributed by atoms with E-state index in [2.05, 4.69) is 49.4 Å². The van der Waals surface area contributed by atoms with Crippen LogP contribution in [-0.4, -0.2) is 38.7 Å². The van der Waals surface area contributed by atoms with E-state index < -0.39 is 0 Å². The Labute approximate surface area is 135 Å². The summed E-state index contributed by atoms with van der Waals surface area (Å²) in [6.07, 6.45) is 5.58. The fraction of sp³-hybridized carbons (Fsp3) is 0.353. The van der Waals surface area contributed by atoms with Crippen molar-refractivity contribution in [1.29, 1.82) is 0 Å². The fourth-order valence-electron chi connectivity index (χ4n) is 3.05. The van der Waals surface area contributed by atoms with Crippen LogP contribution in [0.4, 0.5) is 5.95 Å². The van der Waals surface area contributed by atoms with Crippen LogP contribution in [0.3, 0.4) is 0 Å². The van der Waals surface area contributed by atoms with E-state index in [0.29, 0.717) is 6.04 Å². The Morgan fingerprint density at radius 3 is 2.83 bits per heavy atom. The predicted molar refractivity (Wildman–Crippen MR) is 90.4 cm³/mol. The lowest BCUT2D eigenvalue weighted by Crippen LogP contribution is -2.36. The molecule has 6 heteroatoms. The van der Waals surface area contributed by atoms with E-state index >= 15 is 0 Å². The Balaban J connectivity index is 1.69. The van der Waals surface area contributed by atoms with Gasteiger partial charge in [0.2, 0.25) is 5.95 Å². The molecule has 2 N–H and O–H groups in total. The van der Waals surface area contributed by atoms with Crippen molar-refractivity contribution in [1.82, 2.24) is 24.8 Å². The molecule has 0 spiro atoms. The van der Waals surface area contributed by atoms with Crippen LogP contribution < -0.4 is 10.6 Å². The molecule has 0 unspecified atom stereocenters. The van der Waals surface area contributed by atoms with Crippen molar-refractivity contribution in [2.45, 2.75) is 25.4 Å². The Kier molecular flexibility index (Phi) is 3.90. The van der Waals surface area contributed by atoms with Crippen LogP contribution >= 0.6 is 0 Å². The lowest BCUT2D eigenvalue weighted by Gasteiger charge is -2.24. The van der Waals surface area contributed by atoms with Gasteiger partial charge in [-0.25, -0.2) is 15.0 Å². The summed E-state index contributed by atoms with van der Waals surface area (Å²) in [7, 11) is 0. The zero-order valence-electron chi connectivity index (χ0n) is 12.9. The molecule has 1 aliphatic heterocycles. The molecule has 118 valence electrons. The molecule has 1 aliphatic rings. The van der Waals surface area contributed by atoms with Crippen LogP contribution in [-0.2, 0) is 6.54 Å². The van der Waals surface area contributed by atoms with E-state index in [0.717, 1.165) is 49.6 Å². The van der Waals surface area contributed by atoms with Gasteiger partial charge in [-0.3, -0.25) is 4.57 Å². The van der Waals surface area contributed by atoms with E-state index in [9.17, 15) is 0 Å². The summed E-state index contributed by atoms with van der Waals surface area (Å²) < 4.78 is 2.15. The normalized spacial score (nSPS) is 15.8. The first kappa shape index (κ1) is 14.1. The standard InChI is InChI=1S/C17H20N6/c1-2-4-13(5-3-1)11-23-16-15(10-19-12-20-16)22-17(23)21-14-6-8-18-9-7-14/h1-5,10,12,14,18H,6-9,11H2,(H,21,22).